The number of benzene rings is 2. The normalized spacial score (nSPS) is 10.9. The van der Waals surface area contributed by atoms with Crippen LogP contribution in [0.3, 0.4) is 0 Å². The number of nitrogens with one attached hydrogen (secondary N) is 1. The molecule has 0 aliphatic carbocycles. The van der Waals surface area contributed by atoms with Crippen molar-refractivity contribution in [2.24, 2.45) is 0 Å². The van der Waals surface area contributed by atoms with Crippen LogP contribution in [0, 0.1) is 0 Å². The molecule has 0 bridgehead atoms. The van der Waals surface area contributed by atoms with Crippen LogP contribution in [0.2, 0.25) is 0 Å². The molecule has 0 saturated carbocycles. The lowest BCUT2D eigenvalue weighted by Crippen LogP contribution is -2.24. The van der Waals surface area contributed by atoms with Gasteiger partial charge in [0.05, 0.1) is 20.2 Å². The topological polar surface area (TPSA) is 70.6 Å². The molecule has 0 heterocycles. The number of anilines is 1. The average molecular weight is 298 g/mol. The van der Waals surface area contributed by atoms with Gasteiger partial charge < -0.3 is 24.7 Å². The highest BCUT2D eigenvalue weighted by molar-refractivity contribution is 6.14. The number of carbonyl (C=O) groups is 1. The lowest BCUT2D eigenvalue weighted by Gasteiger charge is -2.11. The van der Waals surface area contributed by atoms with Crippen molar-refractivity contribution in [3.8, 4) is 11.5 Å². The van der Waals surface area contributed by atoms with E-state index < -0.39 is 5.97 Å². The van der Waals surface area contributed by atoms with Crippen LogP contribution in [0.25, 0.3) is 5.57 Å². The predicted molar refractivity (Wildman–Crippen MR) is 82.6 cm³/mol. The Balaban J connectivity index is 2.20. The fraction of sp³-hybridized carbons (Fsp3) is 0.118. The molecule has 2 aromatic carbocycles. The number of carboxylic acids is 1. The molecule has 0 unspecified atom stereocenters. The van der Waals surface area contributed by atoms with Gasteiger partial charge in [-0.25, -0.2) is 0 Å². The number of rotatable bonds is 6. The molecule has 0 aromatic heterocycles. The van der Waals surface area contributed by atoms with E-state index in [0.29, 0.717) is 11.3 Å². The largest absolute Gasteiger partial charge is 0.545 e. The quantitative estimate of drug-likeness (QED) is 0.825. The summed E-state index contributed by atoms with van der Waals surface area (Å²) in [6.45, 7) is 0. The van der Waals surface area contributed by atoms with Crippen LogP contribution in [0.1, 0.15) is 5.56 Å². The Morgan fingerprint density at radius 1 is 0.955 bits per heavy atom. The molecular formula is C17H16NO4-. The number of methoxy groups -OCH3 is 2. The Labute approximate surface area is 128 Å². The van der Waals surface area contributed by atoms with Crippen molar-refractivity contribution < 1.29 is 19.4 Å². The summed E-state index contributed by atoms with van der Waals surface area (Å²) in [5, 5.41) is 14.2. The molecule has 1 N–H and O–H groups in total. The summed E-state index contributed by atoms with van der Waals surface area (Å²) < 4.78 is 10.1. The highest BCUT2D eigenvalue weighted by Gasteiger charge is 2.03. The van der Waals surface area contributed by atoms with E-state index in [1.54, 1.807) is 62.8 Å². The minimum Gasteiger partial charge on any atom is -0.545 e. The van der Waals surface area contributed by atoms with Gasteiger partial charge in [-0.3, -0.25) is 0 Å². The van der Waals surface area contributed by atoms with E-state index >= 15 is 0 Å². The third-order valence-electron chi connectivity index (χ3n) is 3.09. The third-order valence-corrected chi connectivity index (χ3v) is 3.09. The van der Waals surface area contributed by atoms with Gasteiger partial charge in [-0.2, -0.15) is 0 Å². The molecule has 0 saturated heterocycles. The van der Waals surface area contributed by atoms with Crippen LogP contribution < -0.4 is 19.9 Å². The second kappa shape index (κ2) is 7.17. The van der Waals surface area contributed by atoms with Crippen molar-refractivity contribution in [3.05, 3.63) is 60.3 Å². The van der Waals surface area contributed by atoms with Crippen molar-refractivity contribution in [2.45, 2.75) is 0 Å². The molecule has 0 aliphatic heterocycles. The van der Waals surface area contributed by atoms with Gasteiger partial charge in [-0.1, -0.05) is 12.1 Å². The Bertz CT molecular complexity index is 660. The van der Waals surface area contributed by atoms with Gasteiger partial charge in [0.2, 0.25) is 0 Å². The van der Waals surface area contributed by atoms with Gasteiger partial charge in [0.25, 0.3) is 0 Å². The molecule has 22 heavy (non-hydrogen) atoms. The van der Waals surface area contributed by atoms with Crippen molar-refractivity contribution in [1.82, 2.24) is 0 Å². The van der Waals surface area contributed by atoms with Gasteiger partial charge in [-0.05, 0) is 42.0 Å². The van der Waals surface area contributed by atoms with E-state index in [0.717, 1.165) is 11.4 Å². The number of carboxylic acid groups (broad SMARTS) is 1. The summed E-state index contributed by atoms with van der Waals surface area (Å²) in [5.41, 5.74) is 1.33. The molecular weight excluding hydrogens is 282 g/mol. The summed E-state index contributed by atoms with van der Waals surface area (Å²) in [4.78, 5) is 11.3. The summed E-state index contributed by atoms with van der Waals surface area (Å²) in [5.74, 6) is 0.126. The van der Waals surface area contributed by atoms with Crippen LogP contribution in [0.15, 0.2) is 54.7 Å². The summed E-state index contributed by atoms with van der Waals surface area (Å²) >= 11 is 0. The van der Waals surface area contributed by atoms with E-state index in [-0.39, 0.29) is 5.57 Å². The van der Waals surface area contributed by atoms with E-state index in [2.05, 4.69) is 5.32 Å². The summed E-state index contributed by atoms with van der Waals surface area (Å²) in [6.07, 6.45) is 1.40. The molecule has 5 nitrogen and oxygen atoms in total. The minimum atomic E-state index is -1.26. The molecule has 0 radical (unpaired) electrons. The van der Waals surface area contributed by atoms with Crippen molar-refractivity contribution in [3.63, 3.8) is 0 Å². The number of hydrogen-bond donors (Lipinski definition) is 1. The first-order valence-corrected chi connectivity index (χ1v) is 6.60. The molecule has 0 atom stereocenters. The predicted octanol–water partition coefficient (Wildman–Crippen LogP) is 1.91. The highest BCUT2D eigenvalue weighted by Crippen LogP contribution is 2.20. The maximum atomic E-state index is 11.3. The fourth-order valence-corrected chi connectivity index (χ4v) is 1.87. The molecule has 2 aromatic rings. The van der Waals surface area contributed by atoms with Gasteiger partial charge >= 0.3 is 0 Å². The van der Waals surface area contributed by atoms with Crippen LogP contribution >= 0.6 is 0 Å². The molecule has 0 amide bonds. The van der Waals surface area contributed by atoms with Gasteiger partial charge in [0.15, 0.2) is 0 Å². The van der Waals surface area contributed by atoms with Crippen LogP contribution in [0.4, 0.5) is 5.69 Å². The lowest BCUT2D eigenvalue weighted by molar-refractivity contribution is -0.295. The molecule has 0 fully saturated rings. The molecule has 5 heteroatoms. The maximum absolute atomic E-state index is 11.3. The van der Waals surface area contributed by atoms with Crippen LogP contribution in [0.5, 0.6) is 11.5 Å². The second-order valence-electron chi connectivity index (χ2n) is 4.45. The first kappa shape index (κ1) is 15.4. The molecule has 0 spiro atoms. The Hall–Kier alpha value is -2.95. The van der Waals surface area contributed by atoms with Crippen molar-refractivity contribution in [1.29, 1.82) is 0 Å². The average Bonchev–Trinajstić information content (AvgIpc) is 2.56. The summed E-state index contributed by atoms with van der Waals surface area (Å²) in [6, 6.07) is 13.8. The standard InChI is InChI=1S/C17H17NO4/c1-21-14-7-3-12(4-8-14)16(17(19)20)11-18-13-5-9-15(22-2)10-6-13/h3-11,18H,1-2H3,(H,19,20)/p-1/b16-11-. The SMILES string of the molecule is COc1ccc(N/C=C(\C(=O)[O-])c2ccc(OC)cc2)cc1. The van der Waals surface area contributed by atoms with Crippen molar-refractivity contribution in [2.75, 3.05) is 19.5 Å². The van der Waals surface area contributed by atoms with Crippen LogP contribution in [-0.4, -0.2) is 20.2 Å². The zero-order chi connectivity index (χ0) is 15.9. The third kappa shape index (κ3) is 3.79. The first-order chi connectivity index (χ1) is 10.6. The Morgan fingerprint density at radius 2 is 1.45 bits per heavy atom. The second-order valence-corrected chi connectivity index (χ2v) is 4.45. The Morgan fingerprint density at radius 3 is 1.91 bits per heavy atom. The number of ether oxygens (including phenoxy) is 2. The van der Waals surface area contributed by atoms with Gasteiger partial charge in [0.1, 0.15) is 11.5 Å². The number of carbonyl (C=O) groups excluding carboxylic acids is 1. The van der Waals surface area contributed by atoms with E-state index in [1.165, 1.54) is 6.20 Å². The zero-order valence-electron chi connectivity index (χ0n) is 12.3. The lowest BCUT2D eigenvalue weighted by atomic mass is 10.1. The molecule has 114 valence electrons. The van der Waals surface area contributed by atoms with Gasteiger partial charge in [0, 0.05) is 17.5 Å². The maximum Gasteiger partial charge on any atom is 0.119 e. The monoisotopic (exact) mass is 298 g/mol. The smallest absolute Gasteiger partial charge is 0.119 e. The first-order valence-electron chi connectivity index (χ1n) is 6.60. The number of hydrogen-bond acceptors (Lipinski definition) is 5. The van der Waals surface area contributed by atoms with E-state index in [4.69, 9.17) is 9.47 Å². The Kier molecular flexibility index (Phi) is 5.03. The molecule has 2 rings (SSSR count). The molecule has 0 aliphatic rings. The number of aliphatic carboxylic acids is 1. The highest BCUT2D eigenvalue weighted by atomic mass is 16.5. The van der Waals surface area contributed by atoms with Crippen LogP contribution in [-0.2, 0) is 4.79 Å². The minimum absolute atomic E-state index is 0.0541. The zero-order valence-corrected chi connectivity index (χ0v) is 12.3. The van der Waals surface area contributed by atoms with Gasteiger partial charge in [-0.15, -0.1) is 0 Å². The summed E-state index contributed by atoms with van der Waals surface area (Å²) in [7, 11) is 3.13. The fourth-order valence-electron chi connectivity index (χ4n) is 1.87. The van der Waals surface area contributed by atoms with E-state index in [9.17, 15) is 9.90 Å². The van der Waals surface area contributed by atoms with E-state index in [1.807, 2.05) is 0 Å². The van der Waals surface area contributed by atoms with Crippen molar-refractivity contribution >= 4 is 17.2 Å².